The van der Waals surface area contributed by atoms with Gasteiger partial charge in [0.1, 0.15) is 11.9 Å². The Labute approximate surface area is 185 Å². The molecular weight excluding hydrogens is 368 g/mol. The third kappa shape index (κ3) is 9.20. The van der Waals surface area contributed by atoms with Crippen molar-refractivity contribution in [1.82, 2.24) is 9.55 Å². The largest absolute Gasteiger partial charge is 0.385 e. The monoisotopic (exact) mass is 414 g/mol. The zero-order valence-corrected chi connectivity index (χ0v) is 19.7. The molecule has 2 rings (SSSR count). The molecule has 0 aliphatic heterocycles. The molecule has 0 aliphatic carbocycles. The van der Waals surface area contributed by atoms with Crippen molar-refractivity contribution in [3.05, 3.63) is 30.1 Å². The Morgan fingerprint density at radius 1 is 0.733 bits per heavy atom. The Kier molecular flexibility index (Phi) is 12.8. The molecule has 1 heterocycles. The van der Waals surface area contributed by atoms with E-state index in [0.29, 0.717) is 0 Å². The predicted octanol–water partition coefficient (Wildman–Crippen LogP) is 8.35. The maximum absolute atomic E-state index is 10.1. The van der Waals surface area contributed by atoms with Crippen LogP contribution in [-0.2, 0) is 6.54 Å². The van der Waals surface area contributed by atoms with E-state index in [0.717, 1.165) is 23.4 Å². The van der Waals surface area contributed by atoms with Crippen molar-refractivity contribution in [2.45, 2.75) is 129 Å². The van der Waals surface area contributed by atoms with Crippen LogP contribution in [0.1, 0.15) is 129 Å². The number of para-hydroxylation sites is 2. The van der Waals surface area contributed by atoms with Gasteiger partial charge in [0.2, 0.25) is 0 Å². The number of hydrogen-bond acceptors (Lipinski definition) is 2. The maximum Gasteiger partial charge on any atom is 0.138 e. The van der Waals surface area contributed by atoms with Crippen LogP contribution in [0.4, 0.5) is 0 Å². The Balaban J connectivity index is 1.46. The number of hydrogen-bond donors (Lipinski definition) is 1. The fourth-order valence-electron chi connectivity index (χ4n) is 4.47. The molecule has 3 nitrogen and oxygen atoms in total. The van der Waals surface area contributed by atoms with Crippen molar-refractivity contribution in [3.8, 4) is 0 Å². The molecule has 30 heavy (non-hydrogen) atoms. The van der Waals surface area contributed by atoms with Gasteiger partial charge in [0.25, 0.3) is 0 Å². The molecule has 0 saturated heterocycles. The van der Waals surface area contributed by atoms with Crippen LogP contribution >= 0.6 is 0 Å². The standard InChI is InChI=1S/C27H46N2O/c1-3-4-5-6-7-8-9-10-11-12-13-14-15-16-17-20-23-29-26-22-19-18-21-25(26)28-27(29)24(2)30/h18-19,21-22,24,30H,3-17,20,23H2,1-2H3. The van der Waals surface area contributed by atoms with Gasteiger partial charge >= 0.3 is 0 Å². The highest BCUT2D eigenvalue weighted by atomic mass is 16.3. The molecule has 170 valence electrons. The fraction of sp³-hybridized carbons (Fsp3) is 0.741. The van der Waals surface area contributed by atoms with E-state index < -0.39 is 6.10 Å². The van der Waals surface area contributed by atoms with Gasteiger partial charge in [0, 0.05) is 6.54 Å². The van der Waals surface area contributed by atoms with Crippen LogP contribution < -0.4 is 0 Å². The third-order valence-corrected chi connectivity index (χ3v) is 6.29. The zero-order valence-electron chi connectivity index (χ0n) is 19.7. The zero-order chi connectivity index (χ0) is 21.4. The number of rotatable bonds is 18. The normalized spacial score (nSPS) is 12.6. The SMILES string of the molecule is CCCCCCCCCCCCCCCCCCn1c(C(C)O)nc2ccccc21. The number of fused-ring (bicyclic) bond motifs is 1. The second-order valence-electron chi connectivity index (χ2n) is 9.09. The van der Waals surface area contributed by atoms with Crippen molar-refractivity contribution in [2.24, 2.45) is 0 Å². The van der Waals surface area contributed by atoms with Gasteiger partial charge in [0.15, 0.2) is 0 Å². The van der Waals surface area contributed by atoms with Gasteiger partial charge in [-0.25, -0.2) is 4.98 Å². The van der Waals surface area contributed by atoms with Crippen LogP contribution in [0, 0.1) is 0 Å². The number of aromatic nitrogens is 2. The van der Waals surface area contributed by atoms with Gasteiger partial charge in [-0.15, -0.1) is 0 Å². The van der Waals surface area contributed by atoms with Crippen LogP contribution in [0.15, 0.2) is 24.3 Å². The predicted molar refractivity (Wildman–Crippen MR) is 130 cm³/mol. The highest BCUT2D eigenvalue weighted by molar-refractivity contribution is 5.75. The minimum Gasteiger partial charge on any atom is -0.385 e. The third-order valence-electron chi connectivity index (χ3n) is 6.29. The molecule has 1 N–H and O–H groups in total. The van der Waals surface area contributed by atoms with E-state index in [1.807, 2.05) is 19.1 Å². The molecular formula is C27H46N2O. The van der Waals surface area contributed by atoms with Gasteiger partial charge in [-0.1, -0.05) is 115 Å². The van der Waals surface area contributed by atoms with Gasteiger partial charge in [-0.2, -0.15) is 0 Å². The van der Waals surface area contributed by atoms with Gasteiger partial charge in [-0.05, 0) is 25.5 Å². The second-order valence-corrected chi connectivity index (χ2v) is 9.09. The minimum absolute atomic E-state index is 0.515. The smallest absolute Gasteiger partial charge is 0.138 e. The highest BCUT2D eigenvalue weighted by Crippen LogP contribution is 2.22. The highest BCUT2D eigenvalue weighted by Gasteiger charge is 2.13. The Morgan fingerprint density at radius 3 is 1.70 bits per heavy atom. The summed E-state index contributed by atoms with van der Waals surface area (Å²) in [5.74, 6) is 0.803. The van der Waals surface area contributed by atoms with Crippen LogP contribution in [0.3, 0.4) is 0 Å². The molecule has 2 aromatic rings. The molecule has 1 atom stereocenters. The van der Waals surface area contributed by atoms with E-state index in [1.54, 1.807) is 0 Å². The van der Waals surface area contributed by atoms with Gasteiger partial charge < -0.3 is 9.67 Å². The van der Waals surface area contributed by atoms with E-state index in [-0.39, 0.29) is 0 Å². The number of nitrogens with zero attached hydrogens (tertiary/aromatic N) is 2. The number of aryl methyl sites for hydroxylation is 1. The van der Waals surface area contributed by atoms with Crippen LogP contribution in [0.25, 0.3) is 11.0 Å². The molecule has 0 radical (unpaired) electrons. The molecule has 0 spiro atoms. The second kappa shape index (κ2) is 15.5. The molecule has 3 heteroatoms. The molecule has 0 saturated carbocycles. The van der Waals surface area contributed by atoms with E-state index in [4.69, 9.17) is 0 Å². The Morgan fingerprint density at radius 2 is 1.20 bits per heavy atom. The minimum atomic E-state index is -0.515. The molecule has 1 unspecified atom stereocenters. The van der Waals surface area contributed by atoms with Crippen molar-refractivity contribution >= 4 is 11.0 Å². The summed E-state index contributed by atoms with van der Waals surface area (Å²) < 4.78 is 2.21. The first-order valence-corrected chi connectivity index (χ1v) is 12.9. The summed E-state index contributed by atoms with van der Waals surface area (Å²) in [7, 11) is 0. The summed E-state index contributed by atoms with van der Waals surface area (Å²) >= 11 is 0. The lowest BCUT2D eigenvalue weighted by molar-refractivity contribution is 0.184. The summed E-state index contributed by atoms with van der Waals surface area (Å²) in [4.78, 5) is 4.62. The summed E-state index contributed by atoms with van der Waals surface area (Å²) in [6, 6.07) is 8.21. The number of benzene rings is 1. The summed E-state index contributed by atoms with van der Waals surface area (Å²) in [6.07, 6.45) is 21.7. The lowest BCUT2D eigenvalue weighted by Crippen LogP contribution is -2.07. The van der Waals surface area contributed by atoms with E-state index in [9.17, 15) is 5.11 Å². The molecule has 0 fully saturated rings. The lowest BCUT2D eigenvalue weighted by atomic mass is 10.0. The lowest BCUT2D eigenvalue weighted by Gasteiger charge is -2.11. The quantitative estimate of drug-likeness (QED) is 0.249. The van der Waals surface area contributed by atoms with E-state index in [1.165, 1.54) is 103 Å². The van der Waals surface area contributed by atoms with Crippen molar-refractivity contribution in [3.63, 3.8) is 0 Å². The number of unbranched alkanes of at least 4 members (excludes halogenated alkanes) is 15. The van der Waals surface area contributed by atoms with Crippen molar-refractivity contribution in [1.29, 1.82) is 0 Å². The van der Waals surface area contributed by atoms with Crippen LogP contribution in [0.5, 0.6) is 0 Å². The first-order chi connectivity index (χ1) is 14.7. The summed E-state index contributed by atoms with van der Waals surface area (Å²) in [5.41, 5.74) is 2.14. The molecule has 1 aromatic heterocycles. The molecule has 0 aliphatic rings. The number of aliphatic hydroxyl groups is 1. The average molecular weight is 415 g/mol. The van der Waals surface area contributed by atoms with Crippen molar-refractivity contribution in [2.75, 3.05) is 0 Å². The van der Waals surface area contributed by atoms with Gasteiger partial charge in [0.05, 0.1) is 11.0 Å². The molecule has 1 aromatic carbocycles. The molecule has 0 amide bonds. The first-order valence-electron chi connectivity index (χ1n) is 12.9. The Bertz CT molecular complexity index is 677. The van der Waals surface area contributed by atoms with E-state index >= 15 is 0 Å². The molecule has 0 bridgehead atoms. The van der Waals surface area contributed by atoms with Crippen LogP contribution in [-0.4, -0.2) is 14.7 Å². The van der Waals surface area contributed by atoms with Crippen molar-refractivity contribution < 1.29 is 5.11 Å². The number of aliphatic hydroxyl groups excluding tert-OH is 1. The first kappa shape index (κ1) is 24.9. The maximum atomic E-state index is 10.1. The number of imidazole rings is 1. The fourth-order valence-corrected chi connectivity index (χ4v) is 4.47. The Hall–Kier alpha value is -1.35. The summed E-state index contributed by atoms with van der Waals surface area (Å²) in [6.45, 7) is 5.06. The van der Waals surface area contributed by atoms with Gasteiger partial charge in [-0.3, -0.25) is 0 Å². The summed E-state index contributed by atoms with van der Waals surface area (Å²) in [5, 5.41) is 10.1. The topological polar surface area (TPSA) is 38.0 Å². The van der Waals surface area contributed by atoms with Crippen LogP contribution in [0.2, 0.25) is 0 Å². The average Bonchev–Trinajstić information content (AvgIpc) is 3.12. The van der Waals surface area contributed by atoms with E-state index in [2.05, 4.69) is 28.6 Å².